The molecular formula is C9H8NO. The van der Waals surface area contributed by atoms with Gasteiger partial charge in [0.15, 0.2) is 5.58 Å². The third-order valence-corrected chi connectivity index (χ3v) is 1.71. The van der Waals surface area contributed by atoms with Crippen molar-refractivity contribution in [1.29, 1.82) is 0 Å². The van der Waals surface area contributed by atoms with Gasteiger partial charge in [-0.2, -0.15) is 0 Å². The molecule has 2 rings (SSSR count). The molecule has 1 heterocycles. The van der Waals surface area contributed by atoms with Crippen molar-refractivity contribution in [1.82, 2.24) is 5.16 Å². The van der Waals surface area contributed by atoms with Gasteiger partial charge >= 0.3 is 0 Å². The summed E-state index contributed by atoms with van der Waals surface area (Å²) in [5, 5.41) is 4.73. The Bertz CT molecular complexity index is 364. The molecule has 2 aromatic rings. The van der Waals surface area contributed by atoms with Crippen LogP contribution in [0.2, 0.25) is 0 Å². The number of aromatic nitrogens is 1. The van der Waals surface area contributed by atoms with Crippen molar-refractivity contribution < 1.29 is 4.52 Å². The average Bonchev–Trinajstić information content (AvgIpc) is 2.50. The molecule has 1 aromatic carbocycles. The van der Waals surface area contributed by atoms with E-state index >= 15 is 0 Å². The highest BCUT2D eigenvalue weighted by Gasteiger charge is 1.97. The fraction of sp³-hybridized carbons (Fsp3) is 0.111. The summed E-state index contributed by atoms with van der Waals surface area (Å²) in [6.07, 6.45) is 2.52. The van der Waals surface area contributed by atoms with Crippen molar-refractivity contribution in [3.63, 3.8) is 0 Å². The van der Waals surface area contributed by atoms with Gasteiger partial charge in [0, 0.05) is 5.39 Å². The van der Waals surface area contributed by atoms with Gasteiger partial charge in [0.05, 0.1) is 6.20 Å². The highest BCUT2D eigenvalue weighted by Crippen LogP contribution is 2.14. The lowest BCUT2D eigenvalue weighted by Crippen LogP contribution is -1.76. The van der Waals surface area contributed by atoms with Crippen molar-refractivity contribution >= 4 is 11.0 Å². The molecule has 0 saturated heterocycles. The second-order valence-electron chi connectivity index (χ2n) is 2.45. The van der Waals surface area contributed by atoms with Gasteiger partial charge in [0.25, 0.3) is 0 Å². The van der Waals surface area contributed by atoms with Crippen LogP contribution in [-0.4, -0.2) is 5.16 Å². The Morgan fingerprint density at radius 3 is 3.18 bits per heavy atom. The van der Waals surface area contributed by atoms with Gasteiger partial charge in [0.2, 0.25) is 0 Å². The van der Waals surface area contributed by atoms with Crippen molar-refractivity contribution in [3.8, 4) is 0 Å². The van der Waals surface area contributed by atoms with Crippen LogP contribution in [0.5, 0.6) is 0 Å². The number of hydrogen-bond acceptors (Lipinski definition) is 2. The smallest absolute Gasteiger partial charge is 0.166 e. The summed E-state index contributed by atoms with van der Waals surface area (Å²) in [5.74, 6) is 0. The Morgan fingerprint density at radius 1 is 1.45 bits per heavy atom. The largest absolute Gasteiger partial charge is 0.356 e. The van der Waals surface area contributed by atoms with Crippen LogP contribution < -0.4 is 0 Å². The number of fused-ring (bicyclic) bond motifs is 1. The minimum Gasteiger partial charge on any atom is -0.356 e. The molecule has 0 atom stereocenters. The molecule has 0 saturated carbocycles. The van der Waals surface area contributed by atoms with Crippen LogP contribution in [0.15, 0.2) is 28.9 Å². The second kappa shape index (κ2) is 2.38. The SMILES string of the molecule is [CH2]Cc1ccc2oncc2c1. The molecular weight excluding hydrogens is 138 g/mol. The highest BCUT2D eigenvalue weighted by molar-refractivity contribution is 5.76. The van der Waals surface area contributed by atoms with E-state index in [-0.39, 0.29) is 0 Å². The Labute approximate surface area is 64.8 Å². The Balaban J connectivity index is 2.67. The average molecular weight is 146 g/mol. The van der Waals surface area contributed by atoms with Crippen LogP contribution in [-0.2, 0) is 6.42 Å². The van der Waals surface area contributed by atoms with E-state index < -0.39 is 0 Å². The summed E-state index contributed by atoms with van der Waals surface area (Å²) < 4.78 is 4.95. The molecule has 0 aliphatic rings. The van der Waals surface area contributed by atoms with E-state index in [1.165, 1.54) is 5.56 Å². The van der Waals surface area contributed by atoms with E-state index in [4.69, 9.17) is 4.52 Å². The summed E-state index contributed by atoms with van der Waals surface area (Å²) in [7, 11) is 0. The van der Waals surface area contributed by atoms with Crippen LogP contribution in [0.3, 0.4) is 0 Å². The normalized spacial score (nSPS) is 10.6. The van der Waals surface area contributed by atoms with Crippen LogP contribution in [0.25, 0.3) is 11.0 Å². The highest BCUT2D eigenvalue weighted by atomic mass is 16.5. The molecule has 55 valence electrons. The molecule has 1 aromatic heterocycles. The van der Waals surface area contributed by atoms with Crippen LogP contribution in [0.1, 0.15) is 5.56 Å². The lowest BCUT2D eigenvalue weighted by Gasteiger charge is -1.92. The molecule has 0 aliphatic heterocycles. The zero-order valence-corrected chi connectivity index (χ0v) is 6.08. The van der Waals surface area contributed by atoms with E-state index in [0.29, 0.717) is 0 Å². The first-order valence-electron chi connectivity index (χ1n) is 3.53. The van der Waals surface area contributed by atoms with Crippen molar-refractivity contribution in [2.75, 3.05) is 0 Å². The lowest BCUT2D eigenvalue weighted by molar-refractivity contribution is 0.456. The Morgan fingerprint density at radius 2 is 2.36 bits per heavy atom. The van der Waals surface area contributed by atoms with Crippen molar-refractivity contribution in [2.45, 2.75) is 6.42 Å². The fourth-order valence-electron chi connectivity index (χ4n) is 1.08. The van der Waals surface area contributed by atoms with E-state index in [1.807, 2.05) is 18.2 Å². The van der Waals surface area contributed by atoms with Gasteiger partial charge in [-0.05, 0) is 31.0 Å². The molecule has 0 fully saturated rings. The quantitative estimate of drug-likeness (QED) is 0.616. The van der Waals surface area contributed by atoms with Gasteiger partial charge < -0.3 is 4.52 Å². The summed E-state index contributed by atoms with van der Waals surface area (Å²) >= 11 is 0. The lowest BCUT2D eigenvalue weighted by atomic mass is 10.1. The summed E-state index contributed by atoms with van der Waals surface area (Å²) in [6.45, 7) is 3.80. The number of hydrogen-bond donors (Lipinski definition) is 0. The monoisotopic (exact) mass is 146 g/mol. The zero-order valence-electron chi connectivity index (χ0n) is 6.08. The topological polar surface area (TPSA) is 26.0 Å². The second-order valence-corrected chi connectivity index (χ2v) is 2.45. The van der Waals surface area contributed by atoms with Gasteiger partial charge in [-0.15, -0.1) is 0 Å². The van der Waals surface area contributed by atoms with E-state index in [0.717, 1.165) is 17.4 Å². The van der Waals surface area contributed by atoms with Crippen LogP contribution in [0, 0.1) is 6.92 Å². The first-order chi connectivity index (χ1) is 5.40. The molecule has 0 amide bonds. The van der Waals surface area contributed by atoms with Crippen molar-refractivity contribution in [2.24, 2.45) is 0 Å². The van der Waals surface area contributed by atoms with Crippen LogP contribution in [0.4, 0.5) is 0 Å². The zero-order chi connectivity index (χ0) is 7.68. The predicted molar refractivity (Wildman–Crippen MR) is 43.1 cm³/mol. The van der Waals surface area contributed by atoms with E-state index in [2.05, 4.69) is 12.1 Å². The molecule has 0 spiro atoms. The Hall–Kier alpha value is -1.31. The molecule has 2 heteroatoms. The predicted octanol–water partition coefficient (Wildman–Crippen LogP) is 2.20. The minimum atomic E-state index is 0.807. The maximum atomic E-state index is 4.95. The summed E-state index contributed by atoms with van der Waals surface area (Å²) in [6, 6.07) is 5.96. The molecule has 0 bridgehead atoms. The molecule has 2 nitrogen and oxygen atoms in total. The maximum Gasteiger partial charge on any atom is 0.166 e. The summed E-state index contributed by atoms with van der Waals surface area (Å²) in [4.78, 5) is 0. The van der Waals surface area contributed by atoms with Gasteiger partial charge in [-0.25, -0.2) is 0 Å². The van der Waals surface area contributed by atoms with Crippen molar-refractivity contribution in [3.05, 3.63) is 36.9 Å². The van der Waals surface area contributed by atoms with Gasteiger partial charge in [-0.3, -0.25) is 0 Å². The molecule has 0 N–H and O–H groups in total. The maximum absolute atomic E-state index is 4.95. The van der Waals surface area contributed by atoms with Gasteiger partial charge in [-0.1, -0.05) is 11.2 Å². The van der Waals surface area contributed by atoms with E-state index in [1.54, 1.807) is 6.20 Å². The first-order valence-corrected chi connectivity index (χ1v) is 3.53. The van der Waals surface area contributed by atoms with Gasteiger partial charge in [0.1, 0.15) is 0 Å². The first kappa shape index (κ1) is 6.40. The van der Waals surface area contributed by atoms with E-state index in [9.17, 15) is 0 Å². The third kappa shape index (κ3) is 1.00. The third-order valence-electron chi connectivity index (χ3n) is 1.71. The molecule has 11 heavy (non-hydrogen) atoms. The number of nitrogens with zero attached hydrogens (tertiary/aromatic N) is 1. The minimum absolute atomic E-state index is 0.807. The Kier molecular flexibility index (Phi) is 1.39. The molecule has 0 unspecified atom stereocenters. The standard InChI is InChI=1S/C9H8NO/c1-2-7-3-4-9-8(5-7)6-10-11-9/h3-6H,1-2H2. The fourth-order valence-corrected chi connectivity index (χ4v) is 1.08. The molecule has 0 aliphatic carbocycles. The van der Waals surface area contributed by atoms with Crippen LogP contribution >= 0.6 is 0 Å². The summed E-state index contributed by atoms with van der Waals surface area (Å²) in [5.41, 5.74) is 2.04. The molecule has 1 radical (unpaired) electrons. The number of benzene rings is 1. The number of rotatable bonds is 1.